The number of ether oxygens (including phenoxy) is 2. The molecule has 0 amide bonds. The molecular formula is C16H24O4. The molecule has 0 heterocycles. The van der Waals surface area contributed by atoms with Crippen molar-refractivity contribution < 1.29 is 19.4 Å². The largest absolute Gasteiger partial charge is 0.493 e. The van der Waals surface area contributed by atoms with Crippen LogP contribution in [-0.4, -0.2) is 24.8 Å². The molecule has 112 valence electrons. The molecule has 0 aliphatic heterocycles. The molecule has 0 aromatic heterocycles. The van der Waals surface area contributed by atoms with Crippen molar-refractivity contribution >= 4 is 5.97 Å². The highest BCUT2D eigenvalue weighted by molar-refractivity contribution is 5.67. The molecule has 0 unspecified atom stereocenters. The zero-order chi connectivity index (χ0) is 14.8. The molecule has 0 radical (unpaired) electrons. The smallest absolute Gasteiger partial charge is 0.303 e. The molecule has 0 atom stereocenters. The van der Waals surface area contributed by atoms with Crippen LogP contribution in [0, 0.1) is 0 Å². The number of unbranched alkanes of at least 4 members (excludes halogenated alkanes) is 3. The lowest BCUT2D eigenvalue weighted by atomic mass is 10.1. The number of rotatable bonds is 10. The average molecular weight is 280 g/mol. The van der Waals surface area contributed by atoms with Gasteiger partial charge in [-0.3, -0.25) is 4.79 Å². The second kappa shape index (κ2) is 9.23. The lowest BCUT2D eigenvalue weighted by molar-refractivity contribution is -0.136. The van der Waals surface area contributed by atoms with E-state index in [-0.39, 0.29) is 6.42 Å². The van der Waals surface area contributed by atoms with Crippen LogP contribution in [0.15, 0.2) is 18.2 Å². The van der Waals surface area contributed by atoms with Crippen LogP contribution in [0.4, 0.5) is 0 Å². The molecule has 1 rings (SSSR count). The molecule has 20 heavy (non-hydrogen) atoms. The summed E-state index contributed by atoms with van der Waals surface area (Å²) >= 11 is 0. The molecule has 4 nitrogen and oxygen atoms in total. The van der Waals surface area contributed by atoms with Crippen molar-refractivity contribution in [3.8, 4) is 11.5 Å². The van der Waals surface area contributed by atoms with E-state index in [1.807, 2.05) is 18.2 Å². The predicted octanol–water partition coefficient (Wildman–Crippen LogP) is 3.67. The zero-order valence-corrected chi connectivity index (χ0v) is 12.4. The minimum absolute atomic E-state index is 0.0936. The Bertz CT molecular complexity index is 415. The van der Waals surface area contributed by atoms with Crippen LogP contribution in [0.25, 0.3) is 0 Å². The first-order valence-corrected chi connectivity index (χ1v) is 7.19. The van der Waals surface area contributed by atoms with Gasteiger partial charge in [-0.15, -0.1) is 0 Å². The van der Waals surface area contributed by atoms with Gasteiger partial charge in [0.1, 0.15) is 0 Å². The topological polar surface area (TPSA) is 55.8 Å². The Morgan fingerprint density at radius 1 is 1.25 bits per heavy atom. The van der Waals surface area contributed by atoms with E-state index in [1.165, 1.54) is 12.8 Å². The summed E-state index contributed by atoms with van der Waals surface area (Å²) in [6.45, 7) is 2.84. The molecule has 1 aromatic carbocycles. The third-order valence-corrected chi connectivity index (χ3v) is 3.13. The number of methoxy groups -OCH3 is 1. The van der Waals surface area contributed by atoms with Crippen molar-refractivity contribution in [1.29, 1.82) is 0 Å². The van der Waals surface area contributed by atoms with Gasteiger partial charge in [-0.2, -0.15) is 0 Å². The van der Waals surface area contributed by atoms with Crippen LogP contribution < -0.4 is 9.47 Å². The second-order valence-electron chi connectivity index (χ2n) is 4.75. The molecule has 0 spiro atoms. The Labute approximate surface area is 120 Å². The van der Waals surface area contributed by atoms with Gasteiger partial charge in [0.25, 0.3) is 0 Å². The fourth-order valence-corrected chi connectivity index (χ4v) is 2.06. The summed E-state index contributed by atoms with van der Waals surface area (Å²) in [4.78, 5) is 10.7. The van der Waals surface area contributed by atoms with E-state index in [1.54, 1.807) is 7.11 Å². The molecule has 4 heteroatoms. The molecule has 1 N–H and O–H groups in total. The lowest BCUT2D eigenvalue weighted by Crippen LogP contribution is -2.03. The number of aryl methyl sites for hydroxylation is 1. The summed E-state index contributed by atoms with van der Waals surface area (Å²) < 4.78 is 11.1. The number of carboxylic acids is 1. The van der Waals surface area contributed by atoms with Gasteiger partial charge < -0.3 is 14.6 Å². The normalized spacial score (nSPS) is 10.3. The van der Waals surface area contributed by atoms with E-state index < -0.39 is 5.97 Å². The van der Waals surface area contributed by atoms with Crippen LogP contribution in [-0.2, 0) is 11.2 Å². The number of carbonyl (C=O) groups is 1. The maximum atomic E-state index is 10.7. The summed E-state index contributed by atoms with van der Waals surface area (Å²) in [5.41, 5.74) is 0.876. The Hall–Kier alpha value is -1.71. The maximum absolute atomic E-state index is 10.7. The van der Waals surface area contributed by atoms with E-state index in [9.17, 15) is 4.79 Å². The number of aliphatic carboxylic acids is 1. The Balaban J connectivity index is 2.60. The van der Waals surface area contributed by atoms with Gasteiger partial charge >= 0.3 is 5.97 Å². The molecule has 0 aliphatic rings. The minimum Gasteiger partial charge on any atom is -0.493 e. The van der Waals surface area contributed by atoms with Crippen molar-refractivity contribution in [2.45, 2.75) is 45.4 Å². The molecule has 0 bridgehead atoms. The number of para-hydroxylation sites is 1. The van der Waals surface area contributed by atoms with Gasteiger partial charge in [-0.25, -0.2) is 0 Å². The fourth-order valence-electron chi connectivity index (χ4n) is 2.06. The van der Waals surface area contributed by atoms with Crippen LogP contribution in [0.1, 0.15) is 44.6 Å². The van der Waals surface area contributed by atoms with Gasteiger partial charge in [-0.1, -0.05) is 38.3 Å². The number of carboxylic acid groups (broad SMARTS) is 1. The SMILES string of the molecule is CCCCCCOc1cccc(CCC(=O)O)c1OC. The van der Waals surface area contributed by atoms with E-state index >= 15 is 0 Å². The molecule has 0 fully saturated rings. The van der Waals surface area contributed by atoms with Crippen molar-refractivity contribution in [2.75, 3.05) is 13.7 Å². The van der Waals surface area contributed by atoms with E-state index in [0.29, 0.717) is 24.5 Å². The molecule has 1 aromatic rings. The van der Waals surface area contributed by atoms with Crippen molar-refractivity contribution in [3.63, 3.8) is 0 Å². The highest BCUT2D eigenvalue weighted by atomic mass is 16.5. The minimum atomic E-state index is -0.807. The first kappa shape index (κ1) is 16.3. The molecule has 0 saturated heterocycles. The lowest BCUT2D eigenvalue weighted by Gasteiger charge is -2.14. The van der Waals surface area contributed by atoms with Crippen molar-refractivity contribution in [2.24, 2.45) is 0 Å². The zero-order valence-electron chi connectivity index (χ0n) is 12.4. The van der Waals surface area contributed by atoms with Crippen LogP contribution in [0.5, 0.6) is 11.5 Å². The second-order valence-corrected chi connectivity index (χ2v) is 4.75. The van der Waals surface area contributed by atoms with E-state index in [4.69, 9.17) is 14.6 Å². The van der Waals surface area contributed by atoms with E-state index in [0.717, 1.165) is 18.4 Å². The highest BCUT2D eigenvalue weighted by Crippen LogP contribution is 2.32. The van der Waals surface area contributed by atoms with Crippen LogP contribution >= 0.6 is 0 Å². The number of benzene rings is 1. The number of hydrogen-bond acceptors (Lipinski definition) is 3. The van der Waals surface area contributed by atoms with Crippen molar-refractivity contribution in [1.82, 2.24) is 0 Å². The van der Waals surface area contributed by atoms with Crippen LogP contribution in [0.2, 0.25) is 0 Å². The van der Waals surface area contributed by atoms with Crippen LogP contribution in [0.3, 0.4) is 0 Å². The van der Waals surface area contributed by atoms with E-state index in [2.05, 4.69) is 6.92 Å². The summed E-state index contributed by atoms with van der Waals surface area (Å²) in [5.74, 6) is 0.550. The Kier molecular flexibility index (Phi) is 7.55. The van der Waals surface area contributed by atoms with Gasteiger partial charge in [-0.05, 0) is 24.5 Å². The molecular weight excluding hydrogens is 256 g/mol. The summed E-state index contributed by atoms with van der Waals surface area (Å²) in [6.07, 6.45) is 5.16. The van der Waals surface area contributed by atoms with Gasteiger partial charge in [0.2, 0.25) is 0 Å². The first-order chi connectivity index (χ1) is 9.69. The molecule has 0 saturated carbocycles. The summed E-state index contributed by atoms with van der Waals surface area (Å²) in [5, 5.41) is 8.76. The Morgan fingerprint density at radius 2 is 2.05 bits per heavy atom. The van der Waals surface area contributed by atoms with Gasteiger partial charge in [0.05, 0.1) is 13.7 Å². The predicted molar refractivity (Wildman–Crippen MR) is 78.6 cm³/mol. The molecule has 0 aliphatic carbocycles. The summed E-state index contributed by atoms with van der Waals surface area (Å²) in [7, 11) is 1.59. The standard InChI is InChI=1S/C16H24O4/c1-3-4-5-6-12-20-14-9-7-8-13(16(14)19-2)10-11-15(17)18/h7-9H,3-6,10-12H2,1-2H3,(H,17,18). The monoisotopic (exact) mass is 280 g/mol. The Morgan fingerprint density at radius 3 is 2.70 bits per heavy atom. The first-order valence-electron chi connectivity index (χ1n) is 7.19. The van der Waals surface area contributed by atoms with Gasteiger partial charge in [0.15, 0.2) is 11.5 Å². The van der Waals surface area contributed by atoms with Gasteiger partial charge in [0, 0.05) is 6.42 Å². The third-order valence-electron chi connectivity index (χ3n) is 3.13. The summed E-state index contributed by atoms with van der Waals surface area (Å²) in [6, 6.07) is 5.62. The quantitative estimate of drug-likeness (QED) is 0.664. The maximum Gasteiger partial charge on any atom is 0.303 e. The number of hydrogen-bond donors (Lipinski definition) is 1. The third kappa shape index (κ3) is 5.51. The highest BCUT2D eigenvalue weighted by Gasteiger charge is 2.11. The van der Waals surface area contributed by atoms with Crippen molar-refractivity contribution in [3.05, 3.63) is 23.8 Å². The fraction of sp³-hybridized carbons (Fsp3) is 0.562. The average Bonchev–Trinajstić information content (AvgIpc) is 2.44.